The van der Waals surface area contributed by atoms with E-state index in [1.165, 1.54) is 12.1 Å². The summed E-state index contributed by atoms with van der Waals surface area (Å²) in [5.41, 5.74) is 5.59. The average Bonchev–Trinajstić information content (AvgIpc) is 3.09. The van der Waals surface area contributed by atoms with E-state index in [0.717, 1.165) is 18.9 Å². The quantitative estimate of drug-likeness (QED) is 0.825. The number of aromatic hydroxyl groups is 1. The third kappa shape index (κ3) is 2.55. The number of hydrogen-bond acceptors (Lipinski definition) is 3. The molecule has 0 atom stereocenters. The van der Waals surface area contributed by atoms with Gasteiger partial charge in [-0.1, -0.05) is 0 Å². The van der Waals surface area contributed by atoms with Gasteiger partial charge in [-0.15, -0.1) is 0 Å². The van der Waals surface area contributed by atoms with Gasteiger partial charge in [-0.05, 0) is 25.0 Å². The average molecular weight is 238 g/mol. The molecule has 0 bridgehead atoms. The van der Waals surface area contributed by atoms with Gasteiger partial charge in [0, 0.05) is 25.2 Å². The fourth-order valence-electron chi connectivity index (χ4n) is 1.82. The van der Waals surface area contributed by atoms with Crippen LogP contribution in [-0.2, 0) is 0 Å². The first-order chi connectivity index (χ1) is 8.13. The zero-order valence-electron chi connectivity index (χ0n) is 9.40. The van der Waals surface area contributed by atoms with Crippen LogP contribution in [0.1, 0.15) is 23.2 Å². The first-order valence-corrected chi connectivity index (χ1v) is 5.63. The molecule has 0 saturated heterocycles. The highest BCUT2D eigenvalue weighted by atomic mass is 19.1. The second-order valence-electron chi connectivity index (χ2n) is 4.18. The Morgan fingerprint density at radius 2 is 2.24 bits per heavy atom. The van der Waals surface area contributed by atoms with Crippen LogP contribution in [0.4, 0.5) is 4.39 Å². The number of hydrogen-bond donors (Lipinski definition) is 2. The third-order valence-corrected chi connectivity index (χ3v) is 2.81. The molecule has 17 heavy (non-hydrogen) atoms. The van der Waals surface area contributed by atoms with Crippen molar-refractivity contribution < 1.29 is 14.3 Å². The van der Waals surface area contributed by atoms with Gasteiger partial charge in [-0.3, -0.25) is 4.79 Å². The largest absolute Gasteiger partial charge is 0.507 e. The fraction of sp³-hybridized carbons (Fsp3) is 0.417. The lowest BCUT2D eigenvalue weighted by molar-refractivity contribution is 0.0745. The number of nitrogens with zero attached hydrogens (tertiary/aromatic N) is 1. The minimum atomic E-state index is -0.559. The molecule has 1 aromatic carbocycles. The Balaban J connectivity index is 2.22. The van der Waals surface area contributed by atoms with E-state index in [1.54, 1.807) is 4.90 Å². The molecule has 1 saturated carbocycles. The Hall–Kier alpha value is -1.62. The Morgan fingerprint density at radius 1 is 1.53 bits per heavy atom. The Labute approximate surface area is 98.8 Å². The minimum absolute atomic E-state index is 0.131. The SMILES string of the molecule is NCCN(C(=O)c1ccc(F)cc1O)C1CC1. The van der Waals surface area contributed by atoms with Crippen molar-refractivity contribution in [1.82, 2.24) is 4.90 Å². The van der Waals surface area contributed by atoms with Gasteiger partial charge in [-0.2, -0.15) is 0 Å². The van der Waals surface area contributed by atoms with Gasteiger partial charge in [0.1, 0.15) is 11.6 Å². The summed E-state index contributed by atoms with van der Waals surface area (Å²) in [7, 11) is 0. The van der Waals surface area contributed by atoms with Gasteiger partial charge in [0.05, 0.1) is 5.56 Å². The maximum Gasteiger partial charge on any atom is 0.257 e. The highest BCUT2D eigenvalue weighted by Crippen LogP contribution is 2.29. The molecule has 1 aliphatic carbocycles. The van der Waals surface area contributed by atoms with Gasteiger partial charge >= 0.3 is 0 Å². The summed E-state index contributed by atoms with van der Waals surface area (Å²) in [6.45, 7) is 0.838. The van der Waals surface area contributed by atoms with Crippen molar-refractivity contribution in [2.45, 2.75) is 18.9 Å². The van der Waals surface area contributed by atoms with Crippen molar-refractivity contribution in [1.29, 1.82) is 0 Å². The Kier molecular flexibility index (Phi) is 3.28. The summed E-state index contributed by atoms with van der Waals surface area (Å²) in [5.74, 6) is -1.16. The molecule has 1 aliphatic rings. The molecular weight excluding hydrogens is 223 g/mol. The second kappa shape index (κ2) is 4.71. The maximum absolute atomic E-state index is 12.8. The molecule has 1 amide bonds. The Bertz CT molecular complexity index is 433. The molecular formula is C12H15FN2O2. The molecule has 0 aliphatic heterocycles. The first-order valence-electron chi connectivity index (χ1n) is 5.63. The zero-order chi connectivity index (χ0) is 12.4. The van der Waals surface area contributed by atoms with Gasteiger partial charge < -0.3 is 15.7 Å². The van der Waals surface area contributed by atoms with Crippen LogP contribution >= 0.6 is 0 Å². The molecule has 5 heteroatoms. The molecule has 0 aromatic heterocycles. The number of amides is 1. The lowest BCUT2D eigenvalue weighted by atomic mass is 10.1. The van der Waals surface area contributed by atoms with Crippen LogP contribution in [0.5, 0.6) is 5.75 Å². The molecule has 0 heterocycles. The number of rotatable bonds is 4. The van der Waals surface area contributed by atoms with E-state index in [4.69, 9.17) is 5.73 Å². The number of phenolic OH excluding ortho intramolecular Hbond substituents is 1. The van der Waals surface area contributed by atoms with E-state index in [-0.39, 0.29) is 23.3 Å². The summed E-state index contributed by atoms with van der Waals surface area (Å²) in [6.07, 6.45) is 1.93. The number of carbonyl (C=O) groups excluding carboxylic acids is 1. The molecule has 0 radical (unpaired) electrons. The van der Waals surface area contributed by atoms with Crippen molar-refractivity contribution in [3.63, 3.8) is 0 Å². The molecule has 0 unspecified atom stereocenters. The van der Waals surface area contributed by atoms with Crippen LogP contribution in [0.15, 0.2) is 18.2 Å². The number of halogens is 1. The fourth-order valence-corrected chi connectivity index (χ4v) is 1.82. The smallest absolute Gasteiger partial charge is 0.257 e. The van der Waals surface area contributed by atoms with E-state index in [9.17, 15) is 14.3 Å². The third-order valence-electron chi connectivity index (χ3n) is 2.81. The van der Waals surface area contributed by atoms with Crippen molar-refractivity contribution in [3.8, 4) is 5.75 Å². The zero-order valence-corrected chi connectivity index (χ0v) is 9.40. The second-order valence-corrected chi connectivity index (χ2v) is 4.18. The van der Waals surface area contributed by atoms with Crippen molar-refractivity contribution in [2.24, 2.45) is 5.73 Å². The van der Waals surface area contributed by atoms with Crippen molar-refractivity contribution in [2.75, 3.05) is 13.1 Å². The first kappa shape index (κ1) is 11.9. The summed E-state index contributed by atoms with van der Waals surface area (Å²) in [5, 5.41) is 9.56. The van der Waals surface area contributed by atoms with Crippen LogP contribution in [0.3, 0.4) is 0 Å². The Morgan fingerprint density at radius 3 is 2.76 bits per heavy atom. The van der Waals surface area contributed by atoms with Crippen LogP contribution < -0.4 is 5.73 Å². The van der Waals surface area contributed by atoms with E-state index >= 15 is 0 Å². The summed E-state index contributed by atoms with van der Waals surface area (Å²) in [4.78, 5) is 13.8. The lowest BCUT2D eigenvalue weighted by Crippen LogP contribution is -2.37. The molecule has 4 nitrogen and oxygen atoms in total. The van der Waals surface area contributed by atoms with E-state index < -0.39 is 5.82 Å². The molecule has 2 rings (SSSR count). The highest BCUT2D eigenvalue weighted by molar-refractivity contribution is 5.97. The van der Waals surface area contributed by atoms with E-state index in [1.807, 2.05) is 0 Å². The number of nitrogens with two attached hydrogens (primary N) is 1. The summed E-state index contributed by atoms with van der Waals surface area (Å²) in [6, 6.07) is 3.63. The normalized spacial score (nSPS) is 14.7. The van der Waals surface area contributed by atoms with Gasteiger partial charge in [0.2, 0.25) is 0 Å². The monoisotopic (exact) mass is 238 g/mol. The van der Waals surface area contributed by atoms with E-state index in [2.05, 4.69) is 0 Å². The van der Waals surface area contributed by atoms with Gasteiger partial charge in [0.15, 0.2) is 0 Å². The highest BCUT2D eigenvalue weighted by Gasteiger charge is 2.33. The van der Waals surface area contributed by atoms with Crippen LogP contribution in [0, 0.1) is 5.82 Å². The standard InChI is InChI=1S/C12H15FN2O2/c13-8-1-4-10(11(16)7-8)12(17)15(6-5-14)9-2-3-9/h1,4,7,9,16H,2-3,5-6,14H2. The summed E-state index contributed by atoms with van der Waals surface area (Å²) < 4.78 is 12.8. The van der Waals surface area contributed by atoms with Crippen LogP contribution in [0.25, 0.3) is 0 Å². The predicted octanol–water partition coefficient (Wildman–Crippen LogP) is 1.09. The molecule has 92 valence electrons. The summed E-state index contributed by atoms with van der Waals surface area (Å²) >= 11 is 0. The maximum atomic E-state index is 12.8. The number of benzene rings is 1. The minimum Gasteiger partial charge on any atom is -0.507 e. The molecule has 1 fully saturated rings. The van der Waals surface area contributed by atoms with Gasteiger partial charge in [-0.25, -0.2) is 4.39 Å². The van der Waals surface area contributed by atoms with Crippen LogP contribution in [0.2, 0.25) is 0 Å². The van der Waals surface area contributed by atoms with E-state index in [0.29, 0.717) is 13.1 Å². The van der Waals surface area contributed by atoms with Crippen LogP contribution in [-0.4, -0.2) is 35.0 Å². The number of carbonyl (C=O) groups is 1. The predicted molar refractivity (Wildman–Crippen MR) is 61.2 cm³/mol. The molecule has 0 spiro atoms. The molecule has 1 aromatic rings. The van der Waals surface area contributed by atoms with Crippen molar-refractivity contribution >= 4 is 5.91 Å². The molecule has 3 N–H and O–H groups in total. The number of phenols is 1. The van der Waals surface area contributed by atoms with Gasteiger partial charge in [0.25, 0.3) is 5.91 Å². The topological polar surface area (TPSA) is 66.6 Å². The lowest BCUT2D eigenvalue weighted by Gasteiger charge is -2.22. The van der Waals surface area contributed by atoms with Crippen molar-refractivity contribution in [3.05, 3.63) is 29.6 Å².